The normalized spacial score (nSPS) is 19.6. The summed E-state index contributed by atoms with van der Waals surface area (Å²) < 4.78 is 26.1. The molecule has 0 bridgehead atoms. The highest BCUT2D eigenvalue weighted by Gasteiger charge is 2.44. The minimum absolute atomic E-state index is 0.0645. The summed E-state index contributed by atoms with van der Waals surface area (Å²) in [4.78, 5) is 16.3. The molecule has 0 aliphatic carbocycles. The molecule has 128 valence electrons. The Labute approximate surface area is 145 Å². The molecule has 3 aromatic heterocycles. The fourth-order valence-electron chi connectivity index (χ4n) is 3.12. The topological polar surface area (TPSA) is 80.0 Å². The van der Waals surface area contributed by atoms with Crippen molar-refractivity contribution in [1.29, 1.82) is 0 Å². The first-order chi connectivity index (χ1) is 12.1. The Balaban J connectivity index is 2.03. The van der Waals surface area contributed by atoms with Crippen LogP contribution < -0.4 is 5.56 Å². The predicted octanol–water partition coefficient (Wildman–Crippen LogP) is 2.99. The summed E-state index contributed by atoms with van der Waals surface area (Å²) in [6, 6.07) is 1.89. The molecule has 0 unspecified atom stereocenters. The number of fused-ring (bicyclic) bond motifs is 3. The molecule has 1 aliphatic rings. The first kappa shape index (κ1) is 16.0. The fourth-order valence-corrected chi connectivity index (χ4v) is 4.18. The Kier molecular flexibility index (Phi) is 3.70. The van der Waals surface area contributed by atoms with Crippen LogP contribution in [0.1, 0.15) is 11.3 Å². The predicted molar refractivity (Wildman–Crippen MR) is 92.1 cm³/mol. The number of hydrogen-bond acceptors (Lipinski definition) is 5. The van der Waals surface area contributed by atoms with Crippen LogP contribution in [0.15, 0.2) is 41.4 Å². The molecule has 0 saturated carbocycles. The van der Waals surface area contributed by atoms with Gasteiger partial charge >= 0.3 is 0 Å². The molecule has 0 fully saturated rings. The third-order valence-corrected chi connectivity index (χ3v) is 5.58. The molecule has 25 heavy (non-hydrogen) atoms. The average Bonchev–Trinajstić information content (AvgIpc) is 3.30. The van der Waals surface area contributed by atoms with Crippen molar-refractivity contribution in [3.05, 3.63) is 58.2 Å². The highest BCUT2D eigenvalue weighted by Crippen LogP contribution is 2.42. The van der Waals surface area contributed by atoms with Gasteiger partial charge in [0.15, 0.2) is 11.4 Å². The SMILES string of the molecule is C=C=C(F)[C@]1(OC)COCc2c1[nH]c(=O)c1sc(-c3cn[nH]c3)cc21. The monoisotopic (exact) mass is 359 g/mol. The molecule has 0 saturated heterocycles. The lowest BCUT2D eigenvalue weighted by Crippen LogP contribution is -2.41. The van der Waals surface area contributed by atoms with Gasteiger partial charge in [-0.2, -0.15) is 9.49 Å². The first-order valence-electron chi connectivity index (χ1n) is 7.48. The third-order valence-electron chi connectivity index (χ3n) is 4.40. The van der Waals surface area contributed by atoms with E-state index >= 15 is 0 Å². The van der Waals surface area contributed by atoms with Crippen molar-refractivity contribution in [2.24, 2.45) is 0 Å². The van der Waals surface area contributed by atoms with Crippen molar-refractivity contribution in [1.82, 2.24) is 15.2 Å². The molecule has 3 aromatic rings. The standard InChI is InChI=1S/C17H14FN3O3S/c1-3-13(18)17(23-2)8-24-7-11-10-4-12(9-5-19-20-6-9)25-14(10)16(22)21-15(11)17/h4-6H,1,7-8H2,2H3,(H,19,20)(H,21,22)/t17-/m1/s1. The van der Waals surface area contributed by atoms with E-state index in [-0.39, 0.29) is 18.8 Å². The largest absolute Gasteiger partial charge is 0.373 e. The van der Waals surface area contributed by atoms with E-state index in [0.717, 1.165) is 15.8 Å². The van der Waals surface area contributed by atoms with Gasteiger partial charge in [-0.15, -0.1) is 11.3 Å². The molecule has 1 atom stereocenters. The van der Waals surface area contributed by atoms with Crippen LogP contribution in [0.2, 0.25) is 0 Å². The summed E-state index contributed by atoms with van der Waals surface area (Å²) >= 11 is 1.35. The minimum Gasteiger partial charge on any atom is -0.373 e. The summed E-state index contributed by atoms with van der Waals surface area (Å²) in [5.74, 6) is -0.726. The van der Waals surface area contributed by atoms with E-state index in [9.17, 15) is 9.18 Å². The number of aromatic nitrogens is 3. The van der Waals surface area contributed by atoms with Gasteiger partial charge < -0.3 is 14.5 Å². The van der Waals surface area contributed by atoms with Crippen molar-refractivity contribution in [3.8, 4) is 10.4 Å². The van der Waals surface area contributed by atoms with E-state index in [1.54, 1.807) is 12.4 Å². The summed E-state index contributed by atoms with van der Waals surface area (Å²) in [7, 11) is 1.36. The van der Waals surface area contributed by atoms with Crippen LogP contribution >= 0.6 is 11.3 Å². The van der Waals surface area contributed by atoms with Crippen LogP contribution in [0, 0.1) is 0 Å². The minimum atomic E-state index is -1.54. The Bertz CT molecular complexity index is 1060. The number of rotatable bonds is 3. The fraction of sp³-hybridized carbons (Fsp3) is 0.235. The zero-order chi connectivity index (χ0) is 17.6. The molecule has 0 aromatic carbocycles. The maximum atomic E-state index is 14.5. The average molecular weight is 359 g/mol. The van der Waals surface area contributed by atoms with Gasteiger partial charge in [-0.25, -0.2) is 0 Å². The molecule has 0 spiro atoms. The second kappa shape index (κ2) is 5.79. The van der Waals surface area contributed by atoms with Gasteiger partial charge in [-0.3, -0.25) is 9.89 Å². The lowest BCUT2D eigenvalue weighted by Gasteiger charge is -2.35. The molecule has 8 heteroatoms. The number of pyridine rings is 1. The molecule has 1 aliphatic heterocycles. The van der Waals surface area contributed by atoms with Gasteiger partial charge in [0.1, 0.15) is 4.70 Å². The third kappa shape index (κ3) is 2.23. The lowest BCUT2D eigenvalue weighted by molar-refractivity contribution is -0.0887. The smallest absolute Gasteiger partial charge is 0.266 e. The Morgan fingerprint density at radius 1 is 1.60 bits per heavy atom. The summed E-state index contributed by atoms with van der Waals surface area (Å²) in [6.45, 7) is 3.54. The van der Waals surface area contributed by atoms with Crippen molar-refractivity contribution in [2.45, 2.75) is 12.2 Å². The number of hydrogen-bond donors (Lipinski definition) is 2. The molecule has 6 nitrogen and oxygen atoms in total. The molecule has 2 N–H and O–H groups in total. The maximum absolute atomic E-state index is 14.5. The number of methoxy groups -OCH3 is 1. The van der Waals surface area contributed by atoms with Gasteiger partial charge in [0.25, 0.3) is 5.56 Å². The van der Waals surface area contributed by atoms with E-state index in [1.165, 1.54) is 18.4 Å². The summed E-state index contributed by atoms with van der Waals surface area (Å²) in [5, 5.41) is 7.40. The number of ether oxygens (including phenoxy) is 2. The maximum Gasteiger partial charge on any atom is 0.266 e. The summed E-state index contributed by atoms with van der Waals surface area (Å²) in [6.07, 6.45) is 3.43. The zero-order valence-corrected chi connectivity index (χ0v) is 14.1. The number of halogens is 1. The van der Waals surface area contributed by atoms with Gasteiger partial charge in [0.05, 0.1) is 25.1 Å². The molecule has 0 radical (unpaired) electrons. The van der Waals surface area contributed by atoms with E-state index in [0.29, 0.717) is 16.0 Å². The Hall–Kier alpha value is -2.51. The van der Waals surface area contributed by atoms with Crippen LogP contribution in [-0.2, 0) is 21.7 Å². The zero-order valence-electron chi connectivity index (χ0n) is 13.3. The Morgan fingerprint density at radius 3 is 3.12 bits per heavy atom. The van der Waals surface area contributed by atoms with Crippen LogP contribution in [0.3, 0.4) is 0 Å². The van der Waals surface area contributed by atoms with Gasteiger partial charge in [0.2, 0.25) is 0 Å². The Morgan fingerprint density at radius 2 is 2.44 bits per heavy atom. The highest BCUT2D eigenvalue weighted by atomic mass is 32.1. The summed E-state index contributed by atoms with van der Waals surface area (Å²) in [5.41, 5.74) is 2.31. The number of H-pyrrole nitrogens is 2. The van der Waals surface area contributed by atoms with Gasteiger partial charge in [-0.1, -0.05) is 12.3 Å². The van der Waals surface area contributed by atoms with Crippen molar-refractivity contribution < 1.29 is 13.9 Å². The number of thiophene rings is 1. The number of aromatic amines is 2. The van der Waals surface area contributed by atoms with E-state index in [1.807, 2.05) is 6.07 Å². The molecular weight excluding hydrogens is 345 g/mol. The first-order valence-corrected chi connectivity index (χ1v) is 8.29. The van der Waals surface area contributed by atoms with Crippen molar-refractivity contribution in [3.63, 3.8) is 0 Å². The number of nitrogens with zero attached hydrogens (tertiary/aromatic N) is 1. The van der Waals surface area contributed by atoms with Crippen LogP contribution in [0.5, 0.6) is 0 Å². The molecule has 4 heterocycles. The second-order valence-electron chi connectivity index (χ2n) is 5.66. The molecule has 4 rings (SSSR count). The molecular formula is C17H14FN3O3S. The van der Waals surface area contributed by atoms with Crippen LogP contribution in [0.25, 0.3) is 20.5 Å². The van der Waals surface area contributed by atoms with Gasteiger partial charge in [-0.05, 0) is 6.07 Å². The molecule has 0 amide bonds. The van der Waals surface area contributed by atoms with Crippen LogP contribution in [0.4, 0.5) is 4.39 Å². The number of nitrogens with one attached hydrogen (secondary N) is 2. The van der Waals surface area contributed by atoms with Crippen molar-refractivity contribution in [2.75, 3.05) is 13.7 Å². The van der Waals surface area contributed by atoms with Crippen molar-refractivity contribution >= 4 is 21.4 Å². The van der Waals surface area contributed by atoms with E-state index in [2.05, 4.69) is 27.5 Å². The second-order valence-corrected chi connectivity index (χ2v) is 6.72. The lowest BCUT2D eigenvalue weighted by atomic mass is 9.90. The van der Waals surface area contributed by atoms with Gasteiger partial charge in [0, 0.05) is 34.7 Å². The van der Waals surface area contributed by atoms with E-state index < -0.39 is 11.4 Å². The quantitative estimate of drug-likeness (QED) is 0.705. The van der Waals surface area contributed by atoms with E-state index in [4.69, 9.17) is 9.47 Å². The highest BCUT2D eigenvalue weighted by molar-refractivity contribution is 7.22. The van der Waals surface area contributed by atoms with Crippen LogP contribution in [-0.4, -0.2) is 28.9 Å².